The van der Waals surface area contributed by atoms with Crippen LogP contribution in [-0.4, -0.2) is 30.3 Å². The van der Waals surface area contributed by atoms with Gasteiger partial charge in [0.2, 0.25) is 11.8 Å². The van der Waals surface area contributed by atoms with E-state index in [1.165, 1.54) is 6.42 Å². The summed E-state index contributed by atoms with van der Waals surface area (Å²) in [4.78, 5) is 36.9. The molecule has 176 valence electrons. The Balaban J connectivity index is 1.54. The monoisotopic (exact) mass is 470 g/mol. The van der Waals surface area contributed by atoms with E-state index in [0.717, 1.165) is 32.1 Å². The van der Waals surface area contributed by atoms with Crippen molar-refractivity contribution in [3.05, 3.63) is 53.1 Å². The Hall–Kier alpha value is -3.06. The minimum atomic E-state index is -0.267. The number of hydrogen-bond donors (Lipinski definition) is 4. The number of benzene rings is 2. The highest BCUT2D eigenvalue weighted by atomic mass is 35.5. The number of hydrogen-bond acceptors (Lipinski definition) is 4. The number of nitrogens with one attached hydrogen (secondary N) is 4. The zero-order valence-electron chi connectivity index (χ0n) is 18.9. The lowest BCUT2D eigenvalue weighted by Gasteiger charge is -2.23. The summed E-state index contributed by atoms with van der Waals surface area (Å²) in [5.41, 5.74) is 2.23. The molecule has 0 aliphatic heterocycles. The fourth-order valence-corrected chi connectivity index (χ4v) is 4.04. The SMILES string of the molecule is CCCC(=O)Nc1cccc(NCC(=O)Nc2ccc(Cl)c(C(=O)NC3CCCCC3)c2)c1. The molecule has 0 atom stereocenters. The average molecular weight is 471 g/mol. The number of carbonyl (C=O) groups is 3. The summed E-state index contributed by atoms with van der Waals surface area (Å²) in [6.45, 7) is 1.97. The maximum Gasteiger partial charge on any atom is 0.253 e. The van der Waals surface area contributed by atoms with Gasteiger partial charge in [-0.15, -0.1) is 0 Å². The highest BCUT2D eigenvalue weighted by Crippen LogP contribution is 2.23. The molecule has 2 aromatic rings. The van der Waals surface area contributed by atoms with Crippen molar-refractivity contribution in [3.63, 3.8) is 0 Å². The summed E-state index contributed by atoms with van der Waals surface area (Å²) in [6.07, 6.45) is 6.65. The van der Waals surface area contributed by atoms with Crippen LogP contribution < -0.4 is 21.3 Å². The molecule has 3 amide bonds. The van der Waals surface area contributed by atoms with Gasteiger partial charge in [0.1, 0.15) is 0 Å². The largest absolute Gasteiger partial charge is 0.376 e. The van der Waals surface area contributed by atoms with Crippen LogP contribution in [0.2, 0.25) is 5.02 Å². The summed E-state index contributed by atoms with van der Waals surface area (Å²) in [7, 11) is 0. The summed E-state index contributed by atoms with van der Waals surface area (Å²) in [5.74, 6) is -0.530. The highest BCUT2D eigenvalue weighted by Gasteiger charge is 2.19. The summed E-state index contributed by atoms with van der Waals surface area (Å²) in [6, 6.07) is 12.2. The third kappa shape index (κ3) is 7.79. The first kappa shape index (κ1) is 24.6. The van der Waals surface area contributed by atoms with E-state index in [4.69, 9.17) is 11.6 Å². The van der Waals surface area contributed by atoms with E-state index in [-0.39, 0.29) is 30.3 Å². The van der Waals surface area contributed by atoms with Crippen molar-refractivity contribution < 1.29 is 14.4 Å². The number of carbonyl (C=O) groups excluding carboxylic acids is 3. The Morgan fingerprint density at radius 2 is 1.61 bits per heavy atom. The second-order valence-electron chi connectivity index (χ2n) is 8.28. The van der Waals surface area contributed by atoms with Gasteiger partial charge >= 0.3 is 0 Å². The molecule has 4 N–H and O–H groups in total. The first-order valence-electron chi connectivity index (χ1n) is 11.5. The molecule has 0 unspecified atom stereocenters. The van der Waals surface area contributed by atoms with Gasteiger partial charge in [-0.2, -0.15) is 0 Å². The van der Waals surface area contributed by atoms with Gasteiger partial charge < -0.3 is 21.3 Å². The Labute approximate surface area is 199 Å². The lowest BCUT2D eigenvalue weighted by atomic mass is 9.95. The van der Waals surface area contributed by atoms with Crippen LogP contribution in [-0.2, 0) is 9.59 Å². The van der Waals surface area contributed by atoms with Gasteiger partial charge in [-0.05, 0) is 55.7 Å². The standard InChI is InChI=1S/C25H31ClN4O3/c1-2-7-23(31)28-19-11-6-10-18(14-19)27-16-24(32)29-20-12-13-22(26)21(15-20)25(33)30-17-8-4-3-5-9-17/h6,10-15,17,27H,2-5,7-9,16H2,1H3,(H,28,31)(H,29,32)(H,30,33). The topological polar surface area (TPSA) is 99.3 Å². The van der Waals surface area contributed by atoms with Crippen LogP contribution >= 0.6 is 11.6 Å². The smallest absolute Gasteiger partial charge is 0.253 e. The van der Waals surface area contributed by atoms with Gasteiger partial charge in [0.15, 0.2) is 0 Å². The van der Waals surface area contributed by atoms with E-state index in [1.807, 2.05) is 13.0 Å². The first-order chi connectivity index (χ1) is 15.9. The fraction of sp³-hybridized carbons (Fsp3) is 0.400. The molecular weight excluding hydrogens is 440 g/mol. The molecule has 8 heteroatoms. The van der Waals surface area contributed by atoms with Crippen LogP contribution in [0, 0.1) is 0 Å². The van der Waals surface area contributed by atoms with Crippen molar-refractivity contribution >= 4 is 46.4 Å². The molecule has 33 heavy (non-hydrogen) atoms. The van der Waals surface area contributed by atoms with E-state index >= 15 is 0 Å². The molecule has 7 nitrogen and oxygen atoms in total. The van der Waals surface area contributed by atoms with Crippen molar-refractivity contribution in [1.82, 2.24) is 5.32 Å². The zero-order valence-corrected chi connectivity index (χ0v) is 19.6. The van der Waals surface area contributed by atoms with Gasteiger partial charge in [0, 0.05) is 29.5 Å². The number of anilines is 3. The average Bonchev–Trinajstić information content (AvgIpc) is 2.80. The predicted octanol–water partition coefficient (Wildman–Crippen LogP) is 5.19. The molecular formula is C25H31ClN4O3. The number of amides is 3. The second kappa shape index (κ2) is 12.3. The minimum absolute atomic E-state index is 0.0264. The van der Waals surface area contributed by atoms with Crippen LogP contribution in [0.5, 0.6) is 0 Å². The van der Waals surface area contributed by atoms with Crippen LogP contribution in [0.1, 0.15) is 62.2 Å². The van der Waals surface area contributed by atoms with Crippen LogP contribution in [0.25, 0.3) is 0 Å². The Bertz CT molecular complexity index is 989. The van der Waals surface area contributed by atoms with Crippen molar-refractivity contribution in [2.45, 2.75) is 57.9 Å². The lowest BCUT2D eigenvalue weighted by Crippen LogP contribution is -2.36. The predicted molar refractivity (Wildman–Crippen MR) is 133 cm³/mol. The number of rotatable bonds is 9. The summed E-state index contributed by atoms with van der Waals surface area (Å²) < 4.78 is 0. The van der Waals surface area contributed by atoms with E-state index in [9.17, 15) is 14.4 Å². The highest BCUT2D eigenvalue weighted by molar-refractivity contribution is 6.34. The third-order valence-corrected chi connectivity index (χ3v) is 5.84. The molecule has 0 spiro atoms. The van der Waals surface area contributed by atoms with Crippen molar-refractivity contribution in [3.8, 4) is 0 Å². The second-order valence-corrected chi connectivity index (χ2v) is 8.69. The van der Waals surface area contributed by atoms with Crippen molar-refractivity contribution in [1.29, 1.82) is 0 Å². The lowest BCUT2D eigenvalue weighted by molar-refractivity contribution is -0.116. The van der Waals surface area contributed by atoms with Gasteiger partial charge in [0.25, 0.3) is 5.91 Å². The normalized spacial score (nSPS) is 13.8. The van der Waals surface area contributed by atoms with E-state index in [0.29, 0.717) is 34.1 Å². The molecule has 1 saturated carbocycles. The molecule has 1 fully saturated rings. The molecule has 0 saturated heterocycles. The van der Waals surface area contributed by atoms with Crippen LogP contribution in [0.3, 0.4) is 0 Å². The molecule has 0 radical (unpaired) electrons. The molecule has 1 aliphatic carbocycles. The van der Waals surface area contributed by atoms with E-state index in [1.54, 1.807) is 36.4 Å². The summed E-state index contributed by atoms with van der Waals surface area (Å²) in [5, 5.41) is 12.1. The Morgan fingerprint density at radius 3 is 2.36 bits per heavy atom. The maximum absolute atomic E-state index is 12.7. The molecule has 1 aliphatic rings. The van der Waals surface area contributed by atoms with Gasteiger partial charge in [-0.3, -0.25) is 14.4 Å². The maximum atomic E-state index is 12.7. The molecule has 2 aromatic carbocycles. The van der Waals surface area contributed by atoms with Gasteiger partial charge in [-0.1, -0.05) is 43.9 Å². The van der Waals surface area contributed by atoms with E-state index < -0.39 is 0 Å². The van der Waals surface area contributed by atoms with E-state index in [2.05, 4.69) is 21.3 Å². The quantitative estimate of drug-likeness (QED) is 0.405. The van der Waals surface area contributed by atoms with Crippen molar-refractivity contribution in [2.24, 2.45) is 0 Å². The molecule has 0 heterocycles. The third-order valence-electron chi connectivity index (χ3n) is 5.51. The van der Waals surface area contributed by atoms with Gasteiger partial charge in [-0.25, -0.2) is 0 Å². The van der Waals surface area contributed by atoms with Gasteiger partial charge in [0.05, 0.1) is 17.1 Å². The van der Waals surface area contributed by atoms with Crippen molar-refractivity contribution in [2.75, 3.05) is 22.5 Å². The number of halogens is 1. The Kier molecular flexibility index (Phi) is 9.13. The van der Waals surface area contributed by atoms with Crippen LogP contribution in [0.4, 0.5) is 17.1 Å². The Morgan fingerprint density at radius 1 is 0.909 bits per heavy atom. The fourth-order valence-electron chi connectivity index (χ4n) is 3.83. The molecule has 0 aromatic heterocycles. The molecule has 3 rings (SSSR count). The first-order valence-corrected chi connectivity index (χ1v) is 11.9. The minimum Gasteiger partial charge on any atom is -0.376 e. The van der Waals surface area contributed by atoms with Crippen LogP contribution in [0.15, 0.2) is 42.5 Å². The molecule has 0 bridgehead atoms. The zero-order chi connectivity index (χ0) is 23.6. The summed E-state index contributed by atoms with van der Waals surface area (Å²) >= 11 is 6.24.